The molecule has 0 atom stereocenters. The van der Waals surface area contributed by atoms with Crippen molar-refractivity contribution in [2.24, 2.45) is 0 Å². The third kappa shape index (κ3) is 2.00. The van der Waals surface area contributed by atoms with E-state index in [9.17, 15) is 15.2 Å². The minimum atomic E-state index is -0.503. The van der Waals surface area contributed by atoms with E-state index < -0.39 is 4.92 Å². The van der Waals surface area contributed by atoms with Gasteiger partial charge in [-0.3, -0.25) is 10.1 Å². The van der Waals surface area contributed by atoms with Crippen molar-refractivity contribution in [3.63, 3.8) is 0 Å². The van der Waals surface area contributed by atoms with E-state index in [1.54, 1.807) is 13.0 Å². The number of non-ortho nitro benzene ring substituents is 1. The van der Waals surface area contributed by atoms with Crippen LogP contribution in [0.2, 0.25) is 0 Å². The number of benzene rings is 1. The van der Waals surface area contributed by atoms with Gasteiger partial charge in [0.15, 0.2) is 0 Å². The number of rotatable bonds is 3. The van der Waals surface area contributed by atoms with Gasteiger partial charge in [-0.25, -0.2) is 9.67 Å². The van der Waals surface area contributed by atoms with Crippen molar-refractivity contribution >= 4 is 5.69 Å². The molecule has 0 fully saturated rings. The minimum absolute atomic E-state index is 0.0597. The van der Waals surface area contributed by atoms with Crippen LogP contribution in [0.4, 0.5) is 5.69 Å². The Kier molecular flexibility index (Phi) is 2.84. The maximum Gasteiger partial charge on any atom is 0.269 e. The van der Waals surface area contributed by atoms with Crippen molar-refractivity contribution in [2.75, 3.05) is 0 Å². The number of aliphatic hydroxyl groups is 1. The van der Waals surface area contributed by atoms with Crippen LogP contribution in [0.25, 0.3) is 5.69 Å². The lowest BCUT2D eigenvalue weighted by Gasteiger charge is -2.07. The summed E-state index contributed by atoms with van der Waals surface area (Å²) in [4.78, 5) is 14.1. The molecular formula is C10H10N4O3. The summed E-state index contributed by atoms with van der Waals surface area (Å²) in [6, 6.07) is 4.25. The molecule has 0 amide bonds. The minimum Gasteiger partial charge on any atom is -0.392 e. The molecule has 0 bridgehead atoms. The fourth-order valence-electron chi connectivity index (χ4n) is 1.55. The number of nitrogens with zero attached hydrogens (tertiary/aromatic N) is 4. The first-order valence-corrected chi connectivity index (χ1v) is 4.88. The lowest BCUT2D eigenvalue weighted by atomic mass is 10.1. The average molecular weight is 234 g/mol. The highest BCUT2D eigenvalue weighted by atomic mass is 16.6. The van der Waals surface area contributed by atoms with Crippen LogP contribution in [0, 0.1) is 17.0 Å². The number of aryl methyl sites for hydroxylation is 1. The molecule has 0 radical (unpaired) electrons. The maximum atomic E-state index is 10.6. The van der Waals surface area contributed by atoms with Crippen LogP contribution < -0.4 is 0 Å². The average Bonchev–Trinajstić information content (AvgIpc) is 2.74. The van der Waals surface area contributed by atoms with Gasteiger partial charge in [0.05, 0.1) is 17.2 Å². The van der Waals surface area contributed by atoms with Crippen LogP contribution in [0.15, 0.2) is 24.5 Å². The van der Waals surface area contributed by atoms with Crippen LogP contribution in [0.5, 0.6) is 0 Å². The highest BCUT2D eigenvalue weighted by molar-refractivity contribution is 5.48. The standard InChI is InChI=1S/C10H10N4O3/c1-7-11-6-12-13(7)10-3-2-9(14(16)17)4-8(10)5-15/h2-4,6,15H,5H2,1H3. The summed E-state index contributed by atoms with van der Waals surface area (Å²) in [5.74, 6) is 0.647. The molecule has 0 aliphatic heterocycles. The van der Waals surface area contributed by atoms with E-state index in [2.05, 4.69) is 10.1 Å². The zero-order chi connectivity index (χ0) is 12.4. The molecule has 1 heterocycles. The highest BCUT2D eigenvalue weighted by Crippen LogP contribution is 2.21. The van der Waals surface area contributed by atoms with Crippen molar-refractivity contribution in [3.8, 4) is 5.69 Å². The van der Waals surface area contributed by atoms with Gasteiger partial charge in [-0.1, -0.05) is 0 Å². The second-order valence-corrected chi connectivity index (χ2v) is 3.45. The lowest BCUT2D eigenvalue weighted by Crippen LogP contribution is -2.04. The van der Waals surface area contributed by atoms with Gasteiger partial charge in [-0.2, -0.15) is 5.10 Å². The van der Waals surface area contributed by atoms with E-state index in [0.717, 1.165) is 0 Å². The topological polar surface area (TPSA) is 94.1 Å². The largest absolute Gasteiger partial charge is 0.392 e. The zero-order valence-electron chi connectivity index (χ0n) is 9.07. The first-order valence-electron chi connectivity index (χ1n) is 4.88. The number of nitro groups is 1. The molecule has 88 valence electrons. The van der Waals surface area contributed by atoms with E-state index in [-0.39, 0.29) is 12.3 Å². The maximum absolute atomic E-state index is 10.6. The summed E-state index contributed by atoms with van der Waals surface area (Å²) in [6.07, 6.45) is 1.39. The molecule has 0 aliphatic carbocycles. The molecule has 2 aromatic rings. The molecule has 1 aromatic carbocycles. The predicted octanol–water partition coefficient (Wildman–Crippen LogP) is 0.976. The number of aliphatic hydroxyl groups excluding tert-OH is 1. The van der Waals surface area contributed by atoms with Gasteiger partial charge in [-0.15, -0.1) is 0 Å². The number of nitro benzene ring substituents is 1. The summed E-state index contributed by atoms with van der Waals surface area (Å²) in [7, 11) is 0. The van der Waals surface area contributed by atoms with Gasteiger partial charge < -0.3 is 5.11 Å². The SMILES string of the molecule is Cc1ncnn1-c1ccc([N+](=O)[O-])cc1CO. The molecule has 1 aromatic heterocycles. The van der Waals surface area contributed by atoms with Gasteiger partial charge >= 0.3 is 0 Å². The zero-order valence-corrected chi connectivity index (χ0v) is 9.07. The fourth-order valence-corrected chi connectivity index (χ4v) is 1.55. The molecular weight excluding hydrogens is 224 g/mol. The summed E-state index contributed by atoms with van der Waals surface area (Å²) < 4.78 is 1.52. The van der Waals surface area contributed by atoms with E-state index in [1.165, 1.54) is 23.1 Å². The molecule has 0 spiro atoms. The second-order valence-electron chi connectivity index (χ2n) is 3.45. The smallest absolute Gasteiger partial charge is 0.269 e. The van der Waals surface area contributed by atoms with E-state index in [4.69, 9.17) is 0 Å². The quantitative estimate of drug-likeness (QED) is 0.631. The first-order chi connectivity index (χ1) is 8.13. The Labute approximate surface area is 96.5 Å². The van der Waals surface area contributed by atoms with Crippen molar-refractivity contribution in [3.05, 3.63) is 46.0 Å². The van der Waals surface area contributed by atoms with Gasteiger partial charge in [0.25, 0.3) is 5.69 Å². The first kappa shape index (κ1) is 11.2. The molecule has 1 N–H and O–H groups in total. The second kappa shape index (κ2) is 4.30. The molecule has 2 rings (SSSR count). The predicted molar refractivity (Wildman–Crippen MR) is 58.7 cm³/mol. The Bertz CT molecular complexity index is 564. The third-order valence-electron chi connectivity index (χ3n) is 2.39. The van der Waals surface area contributed by atoms with Crippen molar-refractivity contribution < 1.29 is 10.0 Å². The number of aromatic nitrogens is 3. The van der Waals surface area contributed by atoms with Gasteiger partial charge in [0.2, 0.25) is 0 Å². The number of hydrogen-bond acceptors (Lipinski definition) is 5. The lowest BCUT2D eigenvalue weighted by molar-refractivity contribution is -0.384. The summed E-state index contributed by atoms with van der Waals surface area (Å²) in [5, 5.41) is 23.8. The van der Waals surface area contributed by atoms with E-state index >= 15 is 0 Å². The Morgan fingerprint density at radius 3 is 2.82 bits per heavy atom. The van der Waals surface area contributed by atoms with E-state index in [1.807, 2.05) is 0 Å². The van der Waals surface area contributed by atoms with Gasteiger partial charge in [-0.05, 0) is 13.0 Å². The van der Waals surface area contributed by atoms with Crippen molar-refractivity contribution in [1.82, 2.24) is 14.8 Å². The monoisotopic (exact) mass is 234 g/mol. The van der Waals surface area contributed by atoms with Crippen LogP contribution >= 0.6 is 0 Å². The normalized spacial score (nSPS) is 10.5. The molecule has 0 saturated heterocycles. The summed E-state index contributed by atoms with van der Waals surface area (Å²) in [5.41, 5.74) is 0.969. The van der Waals surface area contributed by atoms with Crippen LogP contribution in [0.1, 0.15) is 11.4 Å². The Hall–Kier alpha value is -2.28. The summed E-state index contributed by atoms with van der Waals surface area (Å²) in [6.45, 7) is 1.46. The molecule has 0 aliphatic rings. The van der Waals surface area contributed by atoms with Crippen LogP contribution in [-0.4, -0.2) is 24.8 Å². The Morgan fingerprint density at radius 2 is 2.29 bits per heavy atom. The highest BCUT2D eigenvalue weighted by Gasteiger charge is 2.13. The van der Waals surface area contributed by atoms with Crippen LogP contribution in [0.3, 0.4) is 0 Å². The van der Waals surface area contributed by atoms with Crippen LogP contribution in [-0.2, 0) is 6.61 Å². The molecule has 0 saturated carbocycles. The molecule has 17 heavy (non-hydrogen) atoms. The van der Waals surface area contributed by atoms with Crippen molar-refractivity contribution in [1.29, 1.82) is 0 Å². The third-order valence-corrected chi connectivity index (χ3v) is 2.39. The Morgan fingerprint density at radius 1 is 1.53 bits per heavy atom. The molecule has 7 heteroatoms. The van der Waals surface area contributed by atoms with Gasteiger partial charge in [0.1, 0.15) is 12.2 Å². The van der Waals surface area contributed by atoms with Crippen molar-refractivity contribution in [2.45, 2.75) is 13.5 Å². The molecule has 0 unspecified atom stereocenters. The number of hydrogen-bond donors (Lipinski definition) is 1. The van der Waals surface area contributed by atoms with E-state index in [0.29, 0.717) is 17.1 Å². The van der Waals surface area contributed by atoms with Gasteiger partial charge in [0, 0.05) is 17.7 Å². The fraction of sp³-hybridized carbons (Fsp3) is 0.200. The molecule has 7 nitrogen and oxygen atoms in total. The summed E-state index contributed by atoms with van der Waals surface area (Å²) >= 11 is 0. The Balaban J connectivity index is 2.56.